The van der Waals surface area contributed by atoms with Crippen LogP contribution < -0.4 is 0 Å². The predicted octanol–water partition coefficient (Wildman–Crippen LogP) is 1.79. The Kier molecular flexibility index (Phi) is 3.28. The average Bonchev–Trinajstić information content (AvgIpc) is 2.65. The Hall–Kier alpha value is -0.910. The van der Waals surface area contributed by atoms with Crippen LogP contribution in [0.2, 0.25) is 0 Å². The van der Waals surface area contributed by atoms with E-state index in [2.05, 4.69) is 0 Å². The van der Waals surface area contributed by atoms with Crippen LogP contribution >= 0.6 is 0 Å². The van der Waals surface area contributed by atoms with Crippen molar-refractivity contribution < 1.29 is 12.7 Å². The molecule has 4 nitrogen and oxygen atoms in total. The van der Waals surface area contributed by atoms with Crippen molar-refractivity contribution in [3.8, 4) is 0 Å². The van der Waals surface area contributed by atoms with Crippen molar-refractivity contribution in [2.45, 2.75) is 30.7 Å². The van der Waals surface area contributed by atoms with E-state index in [4.69, 9.17) is 4.28 Å². The third kappa shape index (κ3) is 2.42. The zero-order valence-corrected chi connectivity index (χ0v) is 9.98. The molecule has 0 saturated carbocycles. The summed E-state index contributed by atoms with van der Waals surface area (Å²) in [5.41, 5.74) is 0. The fourth-order valence-corrected chi connectivity index (χ4v) is 2.82. The average molecular weight is 241 g/mol. The SMILES string of the molecule is CC1CCCN1OS(=O)(=O)c1ccccc1. The summed E-state index contributed by atoms with van der Waals surface area (Å²) in [4.78, 5) is 0.203. The van der Waals surface area contributed by atoms with Crippen LogP contribution in [0.25, 0.3) is 0 Å². The van der Waals surface area contributed by atoms with Crippen molar-refractivity contribution in [1.29, 1.82) is 0 Å². The van der Waals surface area contributed by atoms with Crippen molar-refractivity contribution >= 4 is 10.1 Å². The van der Waals surface area contributed by atoms with Crippen molar-refractivity contribution in [1.82, 2.24) is 5.06 Å². The van der Waals surface area contributed by atoms with Crippen molar-refractivity contribution in [3.63, 3.8) is 0 Å². The van der Waals surface area contributed by atoms with Crippen molar-refractivity contribution in [2.24, 2.45) is 0 Å². The van der Waals surface area contributed by atoms with Crippen LogP contribution in [0.5, 0.6) is 0 Å². The Bertz CT molecular complexity index is 444. The van der Waals surface area contributed by atoms with Gasteiger partial charge in [0.1, 0.15) is 0 Å². The summed E-state index contributed by atoms with van der Waals surface area (Å²) in [6.07, 6.45) is 1.95. The molecule has 0 radical (unpaired) electrons. The second kappa shape index (κ2) is 4.53. The highest BCUT2D eigenvalue weighted by Crippen LogP contribution is 2.21. The molecule has 1 aromatic carbocycles. The number of hydroxylamine groups is 2. The lowest BCUT2D eigenvalue weighted by atomic mass is 10.3. The maximum absolute atomic E-state index is 11.9. The smallest absolute Gasteiger partial charge is 0.192 e. The van der Waals surface area contributed by atoms with Crippen LogP contribution in [0, 0.1) is 0 Å². The molecule has 1 aliphatic rings. The number of rotatable bonds is 3. The Morgan fingerprint density at radius 2 is 2.00 bits per heavy atom. The molecule has 1 fully saturated rings. The molecule has 0 aromatic heterocycles. The molecule has 2 rings (SSSR count). The van der Waals surface area contributed by atoms with E-state index in [0.29, 0.717) is 6.54 Å². The van der Waals surface area contributed by atoms with Gasteiger partial charge in [-0.3, -0.25) is 0 Å². The summed E-state index contributed by atoms with van der Waals surface area (Å²) in [6.45, 7) is 2.64. The van der Waals surface area contributed by atoms with E-state index >= 15 is 0 Å². The molecule has 0 aliphatic carbocycles. The molecular formula is C11H15NO3S. The second-order valence-corrected chi connectivity index (χ2v) is 5.50. The Balaban J connectivity index is 2.15. The number of benzene rings is 1. The molecule has 1 atom stereocenters. The lowest BCUT2D eigenvalue weighted by Crippen LogP contribution is -2.30. The van der Waals surface area contributed by atoms with E-state index in [-0.39, 0.29) is 10.9 Å². The molecule has 0 spiro atoms. The molecule has 16 heavy (non-hydrogen) atoms. The summed E-state index contributed by atoms with van der Waals surface area (Å²) < 4.78 is 28.8. The first-order valence-corrected chi connectivity index (χ1v) is 6.77. The molecule has 5 heteroatoms. The van der Waals surface area contributed by atoms with E-state index in [1.165, 1.54) is 12.1 Å². The Morgan fingerprint density at radius 3 is 2.56 bits per heavy atom. The standard InChI is InChI=1S/C11H15NO3S/c1-10-6-5-9-12(10)15-16(13,14)11-7-3-2-4-8-11/h2-4,7-8,10H,5-6,9H2,1H3. The summed E-state index contributed by atoms with van der Waals surface area (Å²) in [5.74, 6) is 0. The molecule has 0 amide bonds. The van der Waals surface area contributed by atoms with Gasteiger partial charge in [0, 0.05) is 12.6 Å². The molecule has 0 N–H and O–H groups in total. The molecule has 1 heterocycles. The summed E-state index contributed by atoms with van der Waals surface area (Å²) in [7, 11) is -3.65. The molecule has 1 aliphatic heterocycles. The third-order valence-corrected chi connectivity index (χ3v) is 3.96. The highest BCUT2D eigenvalue weighted by atomic mass is 32.2. The van der Waals surface area contributed by atoms with Gasteiger partial charge in [0.2, 0.25) is 0 Å². The van der Waals surface area contributed by atoms with Gasteiger partial charge < -0.3 is 0 Å². The first-order chi connectivity index (χ1) is 7.59. The van der Waals surface area contributed by atoms with E-state index in [0.717, 1.165) is 12.8 Å². The minimum atomic E-state index is -3.65. The second-order valence-electron chi connectivity index (χ2n) is 3.97. The summed E-state index contributed by atoms with van der Waals surface area (Å²) in [5, 5.41) is 1.54. The van der Waals surface area contributed by atoms with E-state index in [1.807, 2.05) is 6.92 Å². The highest BCUT2D eigenvalue weighted by molar-refractivity contribution is 7.86. The largest absolute Gasteiger partial charge is 0.313 e. The molecule has 1 saturated heterocycles. The quantitative estimate of drug-likeness (QED) is 0.809. The van der Waals surface area contributed by atoms with Gasteiger partial charge >= 0.3 is 10.1 Å². The van der Waals surface area contributed by atoms with Gasteiger partial charge in [-0.05, 0) is 31.9 Å². The third-order valence-electron chi connectivity index (χ3n) is 2.72. The number of hydrogen-bond donors (Lipinski definition) is 0. The Labute approximate surface area is 95.9 Å². The first-order valence-electron chi connectivity index (χ1n) is 5.36. The van der Waals surface area contributed by atoms with E-state index in [1.54, 1.807) is 23.3 Å². The summed E-state index contributed by atoms with van der Waals surface area (Å²) in [6, 6.07) is 8.38. The fraction of sp³-hybridized carbons (Fsp3) is 0.455. The number of hydrogen-bond acceptors (Lipinski definition) is 4. The zero-order valence-electron chi connectivity index (χ0n) is 9.17. The van der Waals surface area contributed by atoms with Gasteiger partial charge in [-0.1, -0.05) is 18.2 Å². The normalized spacial score (nSPS) is 22.4. The highest BCUT2D eigenvalue weighted by Gasteiger charge is 2.27. The van der Waals surface area contributed by atoms with Crippen LogP contribution in [0.1, 0.15) is 19.8 Å². The van der Waals surface area contributed by atoms with Crippen LogP contribution in [0.4, 0.5) is 0 Å². The van der Waals surface area contributed by atoms with Crippen LogP contribution in [0.15, 0.2) is 35.2 Å². The number of nitrogens with zero attached hydrogens (tertiary/aromatic N) is 1. The van der Waals surface area contributed by atoms with Crippen LogP contribution in [-0.2, 0) is 14.4 Å². The molecular weight excluding hydrogens is 226 g/mol. The van der Waals surface area contributed by atoms with Gasteiger partial charge in [-0.15, -0.1) is 0 Å². The van der Waals surface area contributed by atoms with Crippen molar-refractivity contribution in [2.75, 3.05) is 6.54 Å². The molecule has 88 valence electrons. The van der Waals surface area contributed by atoms with Gasteiger partial charge in [0.15, 0.2) is 0 Å². The van der Waals surface area contributed by atoms with Gasteiger partial charge in [0.25, 0.3) is 0 Å². The lowest BCUT2D eigenvalue weighted by molar-refractivity contribution is -0.0579. The van der Waals surface area contributed by atoms with Crippen LogP contribution in [-0.4, -0.2) is 26.1 Å². The van der Waals surface area contributed by atoms with Crippen LogP contribution in [0.3, 0.4) is 0 Å². The topological polar surface area (TPSA) is 46.6 Å². The minimum absolute atomic E-state index is 0.165. The van der Waals surface area contributed by atoms with Gasteiger partial charge in [0.05, 0.1) is 4.90 Å². The maximum atomic E-state index is 11.9. The lowest BCUT2D eigenvalue weighted by Gasteiger charge is -2.19. The zero-order chi connectivity index (χ0) is 11.6. The molecule has 1 aromatic rings. The van der Waals surface area contributed by atoms with E-state index < -0.39 is 10.1 Å². The van der Waals surface area contributed by atoms with Crippen molar-refractivity contribution in [3.05, 3.63) is 30.3 Å². The van der Waals surface area contributed by atoms with Gasteiger partial charge in [-0.25, -0.2) is 0 Å². The predicted molar refractivity (Wildman–Crippen MR) is 60.1 cm³/mol. The minimum Gasteiger partial charge on any atom is -0.192 e. The maximum Gasteiger partial charge on any atom is 0.313 e. The molecule has 0 bridgehead atoms. The Morgan fingerprint density at radius 1 is 1.31 bits per heavy atom. The molecule has 1 unspecified atom stereocenters. The monoisotopic (exact) mass is 241 g/mol. The first kappa shape index (κ1) is 11.6. The van der Waals surface area contributed by atoms with E-state index in [9.17, 15) is 8.42 Å². The summed E-state index contributed by atoms with van der Waals surface area (Å²) >= 11 is 0. The van der Waals surface area contributed by atoms with Gasteiger partial charge in [-0.2, -0.15) is 17.8 Å². The fourth-order valence-electron chi connectivity index (χ4n) is 1.77.